The minimum atomic E-state index is -3.97. The van der Waals surface area contributed by atoms with Gasteiger partial charge < -0.3 is 5.11 Å². The second-order valence-electron chi connectivity index (χ2n) is 4.84. The van der Waals surface area contributed by atoms with Crippen molar-refractivity contribution in [1.82, 2.24) is 0 Å². The lowest BCUT2D eigenvalue weighted by Gasteiger charge is -2.22. The van der Waals surface area contributed by atoms with Crippen LogP contribution < -0.4 is 0 Å². The van der Waals surface area contributed by atoms with Crippen LogP contribution in [-0.4, -0.2) is 24.7 Å². The van der Waals surface area contributed by atoms with Crippen LogP contribution in [-0.2, 0) is 9.84 Å². The number of carboxylic acids is 1. The van der Waals surface area contributed by atoms with Crippen LogP contribution in [0.5, 0.6) is 0 Å². The van der Waals surface area contributed by atoms with Gasteiger partial charge in [-0.2, -0.15) is 0 Å². The molecule has 110 valence electrons. The molecule has 1 fully saturated rings. The van der Waals surface area contributed by atoms with Crippen molar-refractivity contribution in [2.24, 2.45) is 0 Å². The van der Waals surface area contributed by atoms with Gasteiger partial charge in [-0.05, 0) is 25.0 Å². The minimum absolute atomic E-state index is 0.418. The summed E-state index contributed by atoms with van der Waals surface area (Å²) in [6.45, 7) is 0. The lowest BCUT2D eigenvalue weighted by atomic mass is 10.0. The molecule has 0 amide bonds. The maximum atomic E-state index is 14.0. The molecule has 1 aromatic carbocycles. The fraction of sp³-hybridized carbons (Fsp3) is 0.462. The third-order valence-electron chi connectivity index (χ3n) is 3.57. The van der Waals surface area contributed by atoms with Gasteiger partial charge in [-0.15, -0.1) is 0 Å². The van der Waals surface area contributed by atoms with Crippen molar-refractivity contribution >= 4 is 15.8 Å². The SMILES string of the molecule is O=C(O)c1c(F)ccc(S(=O)(=O)C2CCCCC2)c1F. The molecule has 0 aliphatic heterocycles. The number of benzene rings is 1. The van der Waals surface area contributed by atoms with Crippen LogP contribution in [0.25, 0.3) is 0 Å². The number of aromatic carboxylic acids is 1. The second-order valence-corrected chi connectivity index (χ2v) is 7.04. The number of carbonyl (C=O) groups is 1. The van der Waals surface area contributed by atoms with Crippen LogP contribution in [0.2, 0.25) is 0 Å². The Bertz CT molecular complexity index is 634. The van der Waals surface area contributed by atoms with Crippen LogP contribution in [0.1, 0.15) is 42.5 Å². The quantitative estimate of drug-likeness (QED) is 0.872. The van der Waals surface area contributed by atoms with E-state index in [1.165, 1.54) is 0 Å². The average Bonchev–Trinajstić information content (AvgIpc) is 2.39. The Labute approximate surface area is 115 Å². The molecule has 2 rings (SSSR count). The molecule has 0 aromatic heterocycles. The third-order valence-corrected chi connectivity index (χ3v) is 5.84. The minimum Gasteiger partial charge on any atom is -0.477 e. The van der Waals surface area contributed by atoms with Gasteiger partial charge >= 0.3 is 5.97 Å². The number of sulfone groups is 1. The van der Waals surface area contributed by atoms with Gasteiger partial charge in [-0.3, -0.25) is 0 Å². The van der Waals surface area contributed by atoms with Gasteiger partial charge in [0.15, 0.2) is 15.7 Å². The number of hydrogen-bond acceptors (Lipinski definition) is 3. The summed E-state index contributed by atoms with van der Waals surface area (Å²) in [6, 6.07) is 1.49. The van der Waals surface area contributed by atoms with Crippen molar-refractivity contribution in [3.05, 3.63) is 29.3 Å². The van der Waals surface area contributed by atoms with E-state index in [1.807, 2.05) is 0 Å². The summed E-state index contributed by atoms with van der Waals surface area (Å²) in [6.07, 6.45) is 3.23. The molecular formula is C13H14F2O4S. The standard InChI is InChI=1S/C13H14F2O4S/c14-9-6-7-10(12(15)11(9)13(16)17)20(18,19)8-4-2-1-3-5-8/h6-8H,1-5H2,(H,16,17). The van der Waals surface area contributed by atoms with Gasteiger partial charge in [0.1, 0.15) is 16.3 Å². The highest BCUT2D eigenvalue weighted by atomic mass is 32.2. The van der Waals surface area contributed by atoms with Crippen molar-refractivity contribution in [2.45, 2.75) is 42.2 Å². The highest BCUT2D eigenvalue weighted by Crippen LogP contribution is 2.31. The van der Waals surface area contributed by atoms with E-state index in [1.54, 1.807) is 0 Å². The zero-order valence-corrected chi connectivity index (χ0v) is 11.4. The van der Waals surface area contributed by atoms with Gasteiger partial charge in [-0.1, -0.05) is 19.3 Å². The van der Waals surface area contributed by atoms with E-state index >= 15 is 0 Å². The lowest BCUT2D eigenvalue weighted by molar-refractivity contribution is 0.0685. The highest BCUT2D eigenvalue weighted by molar-refractivity contribution is 7.92. The number of carboxylic acid groups (broad SMARTS) is 1. The van der Waals surface area contributed by atoms with E-state index in [-0.39, 0.29) is 0 Å². The molecule has 0 atom stereocenters. The van der Waals surface area contributed by atoms with E-state index in [4.69, 9.17) is 5.11 Å². The number of rotatable bonds is 3. The van der Waals surface area contributed by atoms with Gasteiger partial charge in [0.2, 0.25) is 0 Å². The zero-order valence-electron chi connectivity index (χ0n) is 10.6. The Morgan fingerprint density at radius 1 is 1.15 bits per heavy atom. The fourth-order valence-corrected chi connectivity index (χ4v) is 4.43. The first kappa shape index (κ1) is 14.9. The predicted octanol–water partition coefficient (Wildman–Crippen LogP) is 2.77. The largest absolute Gasteiger partial charge is 0.477 e. The fourth-order valence-electron chi connectivity index (χ4n) is 2.50. The molecule has 0 heterocycles. The monoisotopic (exact) mass is 304 g/mol. The topological polar surface area (TPSA) is 71.4 Å². The molecule has 4 nitrogen and oxygen atoms in total. The zero-order chi connectivity index (χ0) is 14.9. The maximum Gasteiger partial charge on any atom is 0.341 e. The summed E-state index contributed by atoms with van der Waals surface area (Å²) in [5.74, 6) is -4.61. The summed E-state index contributed by atoms with van der Waals surface area (Å²) >= 11 is 0. The molecule has 7 heteroatoms. The van der Waals surface area contributed by atoms with E-state index in [0.717, 1.165) is 25.3 Å². The molecule has 1 N–H and O–H groups in total. The average molecular weight is 304 g/mol. The number of hydrogen-bond donors (Lipinski definition) is 1. The van der Waals surface area contributed by atoms with Crippen molar-refractivity contribution in [1.29, 1.82) is 0 Å². The molecule has 20 heavy (non-hydrogen) atoms. The number of halogens is 2. The summed E-state index contributed by atoms with van der Waals surface area (Å²) in [5.41, 5.74) is -1.22. The second kappa shape index (κ2) is 5.47. The molecule has 0 bridgehead atoms. The molecule has 0 saturated heterocycles. The summed E-state index contributed by atoms with van der Waals surface area (Å²) in [5, 5.41) is 8.05. The first-order valence-electron chi connectivity index (χ1n) is 6.31. The molecule has 0 radical (unpaired) electrons. The smallest absolute Gasteiger partial charge is 0.341 e. The summed E-state index contributed by atoms with van der Waals surface area (Å²) in [4.78, 5) is 10.1. The highest BCUT2D eigenvalue weighted by Gasteiger charge is 2.33. The van der Waals surface area contributed by atoms with Crippen LogP contribution in [0, 0.1) is 11.6 Å². The first-order chi connectivity index (χ1) is 9.35. The normalized spacial score (nSPS) is 17.1. The maximum absolute atomic E-state index is 14.0. The molecule has 1 saturated carbocycles. The molecule has 0 spiro atoms. The Balaban J connectivity index is 2.52. The van der Waals surface area contributed by atoms with Crippen LogP contribution in [0.4, 0.5) is 8.78 Å². The molecule has 1 aliphatic carbocycles. The van der Waals surface area contributed by atoms with Crippen molar-refractivity contribution in [3.63, 3.8) is 0 Å². The molecule has 0 unspecified atom stereocenters. The lowest BCUT2D eigenvalue weighted by Crippen LogP contribution is -2.25. The van der Waals surface area contributed by atoms with E-state index in [0.29, 0.717) is 18.9 Å². The molecule has 1 aliphatic rings. The van der Waals surface area contributed by atoms with Gasteiger partial charge in [0, 0.05) is 0 Å². The van der Waals surface area contributed by atoms with Crippen LogP contribution >= 0.6 is 0 Å². The third kappa shape index (κ3) is 2.54. The Morgan fingerprint density at radius 2 is 1.75 bits per heavy atom. The van der Waals surface area contributed by atoms with Crippen LogP contribution in [0.3, 0.4) is 0 Å². The Kier molecular flexibility index (Phi) is 4.08. The van der Waals surface area contributed by atoms with Crippen molar-refractivity contribution in [2.75, 3.05) is 0 Å². The van der Waals surface area contributed by atoms with Crippen LogP contribution in [0.15, 0.2) is 17.0 Å². The molecular weight excluding hydrogens is 290 g/mol. The first-order valence-corrected chi connectivity index (χ1v) is 7.85. The Hall–Kier alpha value is -1.50. The van der Waals surface area contributed by atoms with Gasteiger partial charge in [0.25, 0.3) is 0 Å². The van der Waals surface area contributed by atoms with Gasteiger partial charge in [-0.25, -0.2) is 22.0 Å². The van der Waals surface area contributed by atoms with Crippen molar-refractivity contribution in [3.8, 4) is 0 Å². The van der Waals surface area contributed by atoms with Crippen molar-refractivity contribution < 1.29 is 27.1 Å². The summed E-state index contributed by atoms with van der Waals surface area (Å²) in [7, 11) is -3.97. The Morgan fingerprint density at radius 3 is 2.30 bits per heavy atom. The van der Waals surface area contributed by atoms with Gasteiger partial charge in [0.05, 0.1) is 5.25 Å². The van der Waals surface area contributed by atoms with E-state index in [2.05, 4.69) is 0 Å². The van der Waals surface area contributed by atoms with E-state index < -0.39 is 43.1 Å². The predicted molar refractivity (Wildman–Crippen MR) is 67.4 cm³/mol. The summed E-state index contributed by atoms with van der Waals surface area (Å²) < 4.78 is 52.0. The molecule has 1 aromatic rings. The van der Waals surface area contributed by atoms with E-state index in [9.17, 15) is 22.0 Å².